The van der Waals surface area contributed by atoms with Gasteiger partial charge in [-0.15, -0.1) is 0 Å². The van der Waals surface area contributed by atoms with Gasteiger partial charge in [-0.2, -0.15) is 0 Å². The third-order valence-electron chi connectivity index (χ3n) is 4.49. The van der Waals surface area contributed by atoms with Crippen molar-refractivity contribution in [3.05, 3.63) is 51.2 Å². The zero-order valence-electron chi connectivity index (χ0n) is 13.1. The Kier molecular flexibility index (Phi) is 4.21. The van der Waals surface area contributed by atoms with E-state index < -0.39 is 21.1 Å². The minimum absolute atomic E-state index is 0.0427. The molecule has 3 atom stereocenters. The number of ether oxygens (including phenoxy) is 1. The van der Waals surface area contributed by atoms with Gasteiger partial charge in [-0.1, -0.05) is 35.3 Å². The van der Waals surface area contributed by atoms with Crippen LogP contribution in [0.2, 0.25) is 0 Å². The Labute approximate surface area is 148 Å². The Balaban J connectivity index is 2.09. The minimum Gasteiger partial charge on any atom is -0.463 e. The maximum absolute atomic E-state index is 12.4. The Bertz CT molecular complexity index is 747. The molecule has 0 aromatic heterocycles. The molecule has 8 heteroatoms. The molecule has 1 saturated carbocycles. The van der Waals surface area contributed by atoms with Crippen LogP contribution in [0.15, 0.2) is 35.5 Å². The summed E-state index contributed by atoms with van der Waals surface area (Å²) in [6, 6.07) is 6.00. The van der Waals surface area contributed by atoms with Crippen LogP contribution in [-0.2, 0) is 9.53 Å². The first kappa shape index (κ1) is 17.0. The lowest BCUT2D eigenvalue weighted by Gasteiger charge is -2.26. The molecule has 1 aromatic carbocycles. The highest BCUT2D eigenvalue weighted by Gasteiger charge is 2.69. The molecule has 0 amide bonds. The molecule has 1 aliphatic heterocycles. The number of halogens is 2. The summed E-state index contributed by atoms with van der Waals surface area (Å²) in [5.41, 5.74) is 1.64. The highest BCUT2D eigenvalue weighted by molar-refractivity contribution is 6.52. The van der Waals surface area contributed by atoms with E-state index in [1.54, 1.807) is 26.0 Å². The molecule has 0 bridgehead atoms. The predicted octanol–water partition coefficient (Wildman–Crippen LogP) is 3.29. The van der Waals surface area contributed by atoms with Crippen LogP contribution in [0.3, 0.4) is 0 Å². The van der Waals surface area contributed by atoms with Crippen molar-refractivity contribution < 1.29 is 14.5 Å². The van der Waals surface area contributed by atoms with E-state index in [0.717, 1.165) is 0 Å². The van der Waals surface area contributed by atoms with Crippen LogP contribution in [0.4, 0.5) is 5.69 Å². The third-order valence-corrected chi connectivity index (χ3v) is 5.46. The molecular formula is C16H16Cl2N2O4. The Morgan fingerprint density at radius 2 is 2.17 bits per heavy atom. The second-order valence-corrected chi connectivity index (χ2v) is 7.36. The molecule has 0 radical (unpaired) electrons. The standard InChI is InChI=1S/C16H16Cl2N2O4/c1-3-24-15(21)11-8(2)19-14-13(16(14,17)18)12(11)9-5-4-6-10(7-9)20(22)23/h4-7,12-14,19H,3H2,1-2H3/t12?,13-,14+/m1/s1. The van der Waals surface area contributed by atoms with Crippen molar-refractivity contribution in [2.45, 2.75) is 30.1 Å². The Morgan fingerprint density at radius 3 is 2.79 bits per heavy atom. The van der Waals surface area contributed by atoms with Gasteiger partial charge in [0, 0.05) is 29.7 Å². The summed E-state index contributed by atoms with van der Waals surface area (Å²) < 4.78 is 4.12. The van der Waals surface area contributed by atoms with Gasteiger partial charge in [0.15, 0.2) is 0 Å². The second kappa shape index (κ2) is 5.93. The van der Waals surface area contributed by atoms with Crippen molar-refractivity contribution in [2.24, 2.45) is 5.92 Å². The van der Waals surface area contributed by atoms with Gasteiger partial charge in [-0.25, -0.2) is 4.79 Å². The maximum atomic E-state index is 12.4. The van der Waals surface area contributed by atoms with E-state index in [4.69, 9.17) is 27.9 Å². The summed E-state index contributed by atoms with van der Waals surface area (Å²) >= 11 is 12.7. The van der Waals surface area contributed by atoms with Crippen LogP contribution < -0.4 is 5.32 Å². The topological polar surface area (TPSA) is 81.5 Å². The first-order valence-electron chi connectivity index (χ1n) is 7.55. The highest BCUT2D eigenvalue weighted by Crippen LogP contribution is 2.63. The normalized spacial score (nSPS) is 27.1. The summed E-state index contributed by atoms with van der Waals surface area (Å²) in [6.45, 7) is 3.72. The van der Waals surface area contributed by atoms with Crippen LogP contribution in [0.1, 0.15) is 25.3 Å². The molecule has 1 aromatic rings. The summed E-state index contributed by atoms with van der Waals surface area (Å²) in [5, 5.41) is 14.2. The number of hydrogen-bond donors (Lipinski definition) is 1. The fourth-order valence-electron chi connectivity index (χ4n) is 3.37. The van der Waals surface area contributed by atoms with Crippen molar-refractivity contribution >= 4 is 34.9 Å². The molecule has 2 aliphatic rings. The molecule has 1 N–H and O–H groups in total. The fourth-order valence-corrected chi connectivity index (χ4v) is 4.13. The van der Waals surface area contributed by atoms with Gasteiger partial charge >= 0.3 is 5.97 Å². The predicted molar refractivity (Wildman–Crippen MR) is 90.0 cm³/mol. The summed E-state index contributed by atoms with van der Waals surface area (Å²) in [4.78, 5) is 23.1. The number of rotatable bonds is 4. The van der Waals surface area contributed by atoms with Crippen LogP contribution >= 0.6 is 23.2 Å². The largest absolute Gasteiger partial charge is 0.463 e. The molecular weight excluding hydrogens is 355 g/mol. The smallest absolute Gasteiger partial charge is 0.336 e. The average molecular weight is 371 g/mol. The van der Waals surface area contributed by atoms with E-state index in [9.17, 15) is 14.9 Å². The number of esters is 1. The van der Waals surface area contributed by atoms with E-state index in [2.05, 4.69) is 5.32 Å². The first-order valence-corrected chi connectivity index (χ1v) is 8.31. The number of alkyl halides is 2. The molecule has 6 nitrogen and oxygen atoms in total. The quantitative estimate of drug-likeness (QED) is 0.380. The average Bonchev–Trinajstić information content (AvgIpc) is 3.07. The summed E-state index contributed by atoms with van der Waals surface area (Å²) in [7, 11) is 0. The van der Waals surface area contributed by atoms with Crippen LogP contribution in [0.25, 0.3) is 0 Å². The van der Waals surface area contributed by atoms with Gasteiger partial charge in [0.2, 0.25) is 0 Å². The number of nitro groups is 1. The maximum Gasteiger partial charge on any atom is 0.336 e. The molecule has 0 saturated heterocycles. The Hall–Kier alpha value is -1.79. The van der Waals surface area contributed by atoms with E-state index in [-0.39, 0.29) is 24.3 Å². The number of carbonyl (C=O) groups is 1. The van der Waals surface area contributed by atoms with Crippen LogP contribution in [0, 0.1) is 16.0 Å². The van der Waals surface area contributed by atoms with Gasteiger partial charge < -0.3 is 10.1 Å². The van der Waals surface area contributed by atoms with Crippen molar-refractivity contribution in [3.63, 3.8) is 0 Å². The zero-order valence-corrected chi connectivity index (χ0v) is 14.6. The number of nitrogens with one attached hydrogen (secondary N) is 1. The molecule has 1 aliphatic carbocycles. The molecule has 1 unspecified atom stereocenters. The SMILES string of the molecule is CCOC(=O)C1=C(C)N[C@H]2[C@@H](C1c1cccc([N+](=O)[O-])c1)C2(Cl)Cl. The lowest BCUT2D eigenvalue weighted by molar-refractivity contribution is -0.384. The zero-order chi connectivity index (χ0) is 17.6. The number of benzene rings is 1. The van der Waals surface area contributed by atoms with E-state index in [1.807, 2.05) is 0 Å². The summed E-state index contributed by atoms with van der Waals surface area (Å²) in [5.74, 6) is -1.18. The van der Waals surface area contributed by atoms with Gasteiger partial charge in [0.1, 0.15) is 4.33 Å². The second-order valence-electron chi connectivity index (χ2n) is 5.91. The van der Waals surface area contributed by atoms with Crippen molar-refractivity contribution in [3.8, 4) is 0 Å². The molecule has 128 valence electrons. The molecule has 1 fully saturated rings. The fraction of sp³-hybridized carbons (Fsp3) is 0.438. The number of allylic oxidation sites excluding steroid dienone is 1. The van der Waals surface area contributed by atoms with Gasteiger partial charge in [-0.05, 0) is 19.4 Å². The number of non-ortho nitro benzene ring substituents is 1. The van der Waals surface area contributed by atoms with Gasteiger partial charge in [-0.3, -0.25) is 10.1 Å². The molecule has 3 rings (SSSR count). The number of fused-ring (bicyclic) bond motifs is 1. The number of nitrogens with zero attached hydrogens (tertiary/aromatic N) is 1. The minimum atomic E-state index is -1.04. The first-order chi connectivity index (χ1) is 11.3. The number of carbonyl (C=O) groups excluding carboxylic acids is 1. The Morgan fingerprint density at radius 1 is 1.46 bits per heavy atom. The van der Waals surface area contributed by atoms with E-state index >= 15 is 0 Å². The van der Waals surface area contributed by atoms with Crippen molar-refractivity contribution in [2.75, 3.05) is 6.61 Å². The number of nitro benzene ring substituents is 1. The molecule has 1 heterocycles. The van der Waals surface area contributed by atoms with Crippen LogP contribution in [0.5, 0.6) is 0 Å². The van der Waals surface area contributed by atoms with E-state index in [1.165, 1.54) is 12.1 Å². The molecule has 0 spiro atoms. The lowest BCUT2D eigenvalue weighted by Crippen LogP contribution is -2.31. The third kappa shape index (κ3) is 2.63. The summed E-state index contributed by atoms with van der Waals surface area (Å²) in [6.07, 6.45) is 0. The monoisotopic (exact) mass is 370 g/mol. The highest BCUT2D eigenvalue weighted by atomic mass is 35.5. The van der Waals surface area contributed by atoms with Crippen LogP contribution in [-0.4, -0.2) is 27.9 Å². The van der Waals surface area contributed by atoms with Crippen molar-refractivity contribution in [1.82, 2.24) is 5.32 Å². The number of hydrogen-bond acceptors (Lipinski definition) is 5. The van der Waals surface area contributed by atoms with Gasteiger partial charge in [0.05, 0.1) is 23.1 Å². The van der Waals surface area contributed by atoms with Crippen molar-refractivity contribution in [1.29, 1.82) is 0 Å². The van der Waals surface area contributed by atoms with E-state index in [0.29, 0.717) is 16.8 Å². The lowest BCUT2D eigenvalue weighted by atomic mass is 9.83. The van der Waals surface area contributed by atoms with Gasteiger partial charge in [0.25, 0.3) is 5.69 Å². The molecule has 24 heavy (non-hydrogen) atoms.